The van der Waals surface area contributed by atoms with E-state index in [0.29, 0.717) is 5.92 Å². The van der Waals surface area contributed by atoms with Crippen molar-refractivity contribution in [3.05, 3.63) is 12.7 Å². The molecule has 5 atom stereocenters. The summed E-state index contributed by atoms with van der Waals surface area (Å²) in [7, 11) is -3.42. The Hall–Kier alpha value is -0.840. The van der Waals surface area contributed by atoms with Gasteiger partial charge in [-0.1, -0.05) is 12.5 Å². The van der Waals surface area contributed by atoms with E-state index in [9.17, 15) is 13.2 Å². The molecule has 20 heavy (non-hydrogen) atoms. The van der Waals surface area contributed by atoms with E-state index in [2.05, 4.69) is 11.9 Å². The highest BCUT2D eigenvalue weighted by Crippen LogP contribution is 2.49. The van der Waals surface area contributed by atoms with Gasteiger partial charge in [0.05, 0.1) is 5.75 Å². The molecule has 2 saturated carbocycles. The second kappa shape index (κ2) is 5.88. The molecule has 0 heterocycles. The van der Waals surface area contributed by atoms with Crippen LogP contribution in [0, 0.1) is 17.8 Å². The monoisotopic (exact) mass is 299 g/mol. The van der Waals surface area contributed by atoms with Crippen molar-refractivity contribution in [1.82, 2.24) is 5.32 Å². The van der Waals surface area contributed by atoms with Gasteiger partial charge in [-0.3, -0.25) is 4.79 Å². The van der Waals surface area contributed by atoms with Gasteiger partial charge in [-0.05, 0) is 50.9 Å². The van der Waals surface area contributed by atoms with Crippen LogP contribution >= 0.6 is 0 Å². The first kappa shape index (κ1) is 15.5. The number of amides is 1. The van der Waals surface area contributed by atoms with Crippen LogP contribution in [0.4, 0.5) is 0 Å². The highest BCUT2D eigenvalue weighted by Gasteiger charge is 2.42. The van der Waals surface area contributed by atoms with E-state index in [4.69, 9.17) is 0 Å². The molecule has 2 fully saturated rings. The SMILES string of the molecule is C=CCS(=O)(=O)C(C)C(=O)NC(C)C1CC2CCC1C2. The number of hydrogen-bond acceptors (Lipinski definition) is 3. The molecule has 0 aromatic heterocycles. The third-order valence-corrected chi connectivity index (χ3v) is 7.05. The molecule has 2 bridgehead atoms. The largest absolute Gasteiger partial charge is 0.352 e. The topological polar surface area (TPSA) is 63.2 Å². The van der Waals surface area contributed by atoms with Gasteiger partial charge in [0.2, 0.25) is 5.91 Å². The van der Waals surface area contributed by atoms with Crippen LogP contribution in [0.25, 0.3) is 0 Å². The first-order valence-electron chi connectivity index (χ1n) is 7.48. The fourth-order valence-corrected chi connectivity index (χ4v) is 4.84. The van der Waals surface area contributed by atoms with E-state index >= 15 is 0 Å². The molecule has 5 unspecified atom stereocenters. The quantitative estimate of drug-likeness (QED) is 0.762. The van der Waals surface area contributed by atoms with E-state index in [1.54, 1.807) is 0 Å². The summed E-state index contributed by atoms with van der Waals surface area (Å²) in [4.78, 5) is 12.1. The lowest BCUT2D eigenvalue weighted by molar-refractivity contribution is -0.121. The van der Waals surface area contributed by atoms with Gasteiger partial charge in [0.15, 0.2) is 9.84 Å². The molecular weight excluding hydrogens is 274 g/mol. The molecule has 0 saturated heterocycles. The number of carbonyl (C=O) groups excluding carboxylic acids is 1. The Morgan fingerprint density at radius 1 is 1.35 bits per heavy atom. The van der Waals surface area contributed by atoms with Crippen LogP contribution < -0.4 is 5.32 Å². The van der Waals surface area contributed by atoms with E-state index in [1.165, 1.54) is 38.7 Å². The Morgan fingerprint density at radius 2 is 2.05 bits per heavy atom. The Bertz CT molecular complexity index is 485. The lowest BCUT2D eigenvalue weighted by Crippen LogP contribution is -2.46. The predicted octanol–water partition coefficient (Wildman–Crippen LogP) is 1.92. The predicted molar refractivity (Wildman–Crippen MR) is 80.0 cm³/mol. The maximum Gasteiger partial charge on any atom is 0.238 e. The highest BCUT2D eigenvalue weighted by molar-refractivity contribution is 7.92. The van der Waals surface area contributed by atoms with Crippen LogP contribution in [0.1, 0.15) is 39.5 Å². The smallest absolute Gasteiger partial charge is 0.238 e. The van der Waals surface area contributed by atoms with Crippen LogP contribution in [0.2, 0.25) is 0 Å². The van der Waals surface area contributed by atoms with Crippen LogP contribution in [0.5, 0.6) is 0 Å². The fraction of sp³-hybridized carbons (Fsp3) is 0.800. The van der Waals surface area contributed by atoms with Crippen molar-refractivity contribution in [1.29, 1.82) is 0 Å². The third kappa shape index (κ3) is 3.08. The minimum atomic E-state index is -3.42. The Morgan fingerprint density at radius 3 is 2.55 bits per heavy atom. The summed E-state index contributed by atoms with van der Waals surface area (Å²) in [6, 6.07) is 0.0687. The van der Waals surface area contributed by atoms with Gasteiger partial charge in [-0.15, -0.1) is 6.58 Å². The molecule has 0 radical (unpaired) electrons. The molecule has 0 aromatic carbocycles. The third-order valence-electron chi connectivity index (χ3n) is 5.06. The Kier molecular flexibility index (Phi) is 4.57. The summed E-state index contributed by atoms with van der Waals surface area (Å²) in [6.07, 6.45) is 6.39. The first-order valence-corrected chi connectivity index (χ1v) is 9.19. The highest BCUT2D eigenvalue weighted by atomic mass is 32.2. The summed E-state index contributed by atoms with van der Waals surface area (Å²) in [5.74, 6) is 1.54. The number of sulfone groups is 1. The van der Waals surface area contributed by atoms with E-state index in [-0.39, 0.29) is 17.7 Å². The molecule has 4 nitrogen and oxygen atoms in total. The van der Waals surface area contributed by atoms with Crippen molar-refractivity contribution in [3.8, 4) is 0 Å². The average Bonchev–Trinajstić information content (AvgIpc) is 2.99. The van der Waals surface area contributed by atoms with Crippen molar-refractivity contribution < 1.29 is 13.2 Å². The normalized spacial score (nSPS) is 31.8. The van der Waals surface area contributed by atoms with Gasteiger partial charge in [-0.25, -0.2) is 8.42 Å². The van der Waals surface area contributed by atoms with Gasteiger partial charge in [-0.2, -0.15) is 0 Å². The summed E-state index contributed by atoms with van der Waals surface area (Å²) in [5.41, 5.74) is 0. The molecule has 1 N–H and O–H groups in total. The zero-order valence-corrected chi connectivity index (χ0v) is 13.2. The molecule has 0 spiro atoms. The summed E-state index contributed by atoms with van der Waals surface area (Å²) in [6.45, 7) is 6.90. The zero-order chi connectivity index (χ0) is 14.9. The number of hydrogen-bond donors (Lipinski definition) is 1. The summed E-state index contributed by atoms with van der Waals surface area (Å²) < 4.78 is 23.7. The van der Waals surface area contributed by atoms with Gasteiger partial charge in [0.25, 0.3) is 0 Å². The first-order chi connectivity index (χ1) is 9.35. The van der Waals surface area contributed by atoms with Crippen LogP contribution in [0.3, 0.4) is 0 Å². The molecule has 5 heteroatoms. The molecule has 2 aliphatic carbocycles. The molecule has 1 amide bonds. The van der Waals surface area contributed by atoms with Crippen molar-refractivity contribution in [2.75, 3.05) is 5.75 Å². The Balaban J connectivity index is 1.92. The van der Waals surface area contributed by atoms with E-state index in [0.717, 1.165) is 11.8 Å². The molecule has 0 aromatic rings. The van der Waals surface area contributed by atoms with Crippen molar-refractivity contribution >= 4 is 15.7 Å². The summed E-state index contributed by atoms with van der Waals surface area (Å²) >= 11 is 0. The number of carbonyl (C=O) groups is 1. The van der Waals surface area contributed by atoms with E-state index < -0.39 is 15.1 Å². The van der Waals surface area contributed by atoms with Crippen molar-refractivity contribution in [3.63, 3.8) is 0 Å². The number of nitrogens with one attached hydrogen (secondary N) is 1. The van der Waals surface area contributed by atoms with Gasteiger partial charge in [0.1, 0.15) is 5.25 Å². The van der Waals surface area contributed by atoms with Gasteiger partial charge >= 0.3 is 0 Å². The van der Waals surface area contributed by atoms with Crippen molar-refractivity contribution in [2.24, 2.45) is 17.8 Å². The van der Waals surface area contributed by atoms with Gasteiger partial charge in [0, 0.05) is 6.04 Å². The number of rotatable bonds is 6. The lowest BCUT2D eigenvalue weighted by atomic mass is 9.84. The van der Waals surface area contributed by atoms with E-state index in [1.807, 2.05) is 6.92 Å². The average molecular weight is 299 g/mol. The molecule has 2 aliphatic rings. The van der Waals surface area contributed by atoms with Crippen LogP contribution in [0.15, 0.2) is 12.7 Å². The fourth-order valence-electron chi connectivity index (χ4n) is 3.83. The van der Waals surface area contributed by atoms with Crippen molar-refractivity contribution in [2.45, 2.75) is 50.8 Å². The summed E-state index contributed by atoms with van der Waals surface area (Å²) in [5, 5.41) is 1.92. The lowest BCUT2D eigenvalue weighted by Gasteiger charge is -2.29. The Labute approximate surface area is 121 Å². The molecular formula is C15H25NO3S. The molecule has 114 valence electrons. The van der Waals surface area contributed by atoms with Gasteiger partial charge < -0.3 is 5.32 Å². The van der Waals surface area contributed by atoms with Crippen LogP contribution in [-0.4, -0.2) is 31.4 Å². The standard InChI is InChI=1S/C15H25NO3S/c1-4-7-20(18,19)11(3)15(17)16-10(2)14-9-12-5-6-13(14)8-12/h4,10-14H,1,5-9H2,2-3H3,(H,16,17). The second-order valence-electron chi connectivity index (χ2n) is 6.40. The minimum Gasteiger partial charge on any atom is -0.352 e. The maximum absolute atomic E-state index is 12.1. The second-order valence-corrected chi connectivity index (χ2v) is 8.76. The number of fused-ring (bicyclic) bond motifs is 2. The molecule has 2 rings (SSSR count). The minimum absolute atomic E-state index is 0.0687. The molecule has 0 aliphatic heterocycles. The van der Waals surface area contributed by atoms with Crippen LogP contribution in [-0.2, 0) is 14.6 Å². The zero-order valence-electron chi connectivity index (χ0n) is 12.3. The maximum atomic E-state index is 12.1.